The second-order valence-corrected chi connectivity index (χ2v) is 9.55. The summed E-state index contributed by atoms with van der Waals surface area (Å²) < 4.78 is 2.85. The molecule has 0 fully saturated rings. The number of thioether (sulfide) groups is 1. The Balaban J connectivity index is 1.76. The first kappa shape index (κ1) is 22.1. The predicted molar refractivity (Wildman–Crippen MR) is 126 cm³/mol. The van der Waals surface area contributed by atoms with Crippen molar-refractivity contribution < 1.29 is 4.79 Å². The number of halogens is 2. The smallest absolute Gasteiger partial charge is 0.234 e. The second kappa shape index (κ2) is 9.93. The van der Waals surface area contributed by atoms with E-state index in [9.17, 15) is 4.79 Å². The molecule has 3 aromatic rings. The van der Waals surface area contributed by atoms with Gasteiger partial charge in [-0.2, -0.15) is 0 Å². The lowest BCUT2D eigenvalue weighted by atomic mass is 10.1. The quantitative estimate of drug-likeness (QED) is 0.288. The summed E-state index contributed by atoms with van der Waals surface area (Å²) in [7, 11) is 0. The molecule has 0 saturated carbocycles. The summed E-state index contributed by atoms with van der Waals surface area (Å²) >= 11 is 12.6. The molecule has 0 bridgehead atoms. The Kier molecular flexibility index (Phi) is 7.56. The topological polar surface area (TPSA) is 59.8 Å². The number of nitrogens with zero attached hydrogens (tertiary/aromatic N) is 3. The van der Waals surface area contributed by atoms with E-state index in [1.165, 1.54) is 22.2 Å². The van der Waals surface area contributed by atoms with Crippen molar-refractivity contribution in [1.29, 1.82) is 0 Å². The van der Waals surface area contributed by atoms with E-state index in [-0.39, 0.29) is 11.7 Å². The van der Waals surface area contributed by atoms with Crippen LogP contribution in [0.25, 0.3) is 11.4 Å². The molecule has 1 amide bonds. The molecule has 9 heteroatoms. The molecule has 0 aliphatic heterocycles. The summed E-state index contributed by atoms with van der Waals surface area (Å²) in [5, 5.41) is 14.8. The van der Waals surface area contributed by atoms with E-state index in [2.05, 4.69) is 57.3 Å². The molecule has 3 rings (SSSR count). The number of hydrogen-bond acceptors (Lipinski definition) is 5. The Morgan fingerprint density at radius 1 is 1.45 bits per heavy atom. The summed E-state index contributed by atoms with van der Waals surface area (Å²) in [6.45, 7) is 8.68. The van der Waals surface area contributed by atoms with Crippen molar-refractivity contribution in [3.8, 4) is 11.4 Å². The molecule has 2 aromatic heterocycles. The highest BCUT2D eigenvalue weighted by Gasteiger charge is 2.19. The first-order chi connectivity index (χ1) is 13.9. The van der Waals surface area contributed by atoms with E-state index in [4.69, 9.17) is 11.6 Å². The highest BCUT2D eigenvalue weighted by atomic mass is 79.9. The fourth-order valence-corrected chi connectivity index (χ4v) is 5.31. The monoisotopic (exact) mass is 510 g/mol. The van der Waals surface area contributed by atoms with Crippen LogP contribution in [0.3, 0.4) is 0 Å². The molecular weight excluding hydrogens is 492 g/mol. The Morgan fingerprint density at radius 2 is 2.24 bits per heavy atom. The summed E-state index contributed by atoms with van der Waals surface area (Å²) in [5.74, 6) is 0.852. The maximum absolute atomic E-state index is 12.4. The Hall–Kier alpha value is -1.61. The maximum Gasteiger partial charge on any atom is 0.234 e. The van der Waals surface area contributed by atoms with Gasteiger partial charge in [0.2, 0.25) is 5.91 Å². The van der Waals surface area contributed by atoms with Crippen LogP contribution in [0.2, 0.25) is 5.02 Å². The van der Waals surface area contributed by atoms with Crippen molar-refractivity contribution in [3.05, 3.63) is 56.2 Å². The SMILES string of the molecule is C=CCn1c(SCC(=O)Nc2ccc(Br)cc2Cl)nnc1-c1csc(C)c1CC. The standard InChI is InChI=1S/C20H20BrClN4OS2/c1-4-8-26-19(15-10-28-12(3)14(15)5-2)24-25-20(26)29-11-18(27)23-17-7-6-13(21)9-16(17)22/h4,6-7,9-10H,1,5,8,11H2,2-3H3,(H,23,27). The number of benzene rings is 1. The molecule has 0 aliphatic carbocycles. The highest BCUT2D eigenvalue weighted by Crippen LogP contribution is 2.33. The zero-order chi connectivity index (χ0) is 21.0. The van der Waals surface area contributed by atoms with Gasteiger partial charge in [0, 0.05) is 26.8 Å². The second-order valence-electron chi connectivity index (χ2n) is 6.20. The Labute approximate surface area is 191 Å². The van der Waals surface area contributed by atoms with E-state index >= 15 is 0 Å². The molecule has 5 nitrogen and oxygen atoms in total. The molecule has 0 saturated heterocycles. The van der Waals surface area contributed by atoms with Gasteiger partial charge in [-0.05, 0) is 37.1 Å². The minimum atomic E-state index is -0.158. The number of aromatic nitrogens is 3. The summed E-state index contributed by atoms with van der Waals surface area (Å²) in [4.78, 5) is 13.7. The molecule has 29 heavy (non-hydrogen) atoms. The van der Waals surface area contributed by atoms with E-state index in [1.54, 1.807) is 23.5 Å². The van der Waals surface area contributed by atoms with Gasteiger partial charge in [0.05, 0.1) is 16.5 Å². The van der Waals surface area contributed by atoms with Crippen molar-refractivity contribution in [3.63, 3.8) is 0 Å². The van der Waals surface area contributed by atoms with Crippen LogP contribution in [-0.4, -0.2) is 26.4 Å². The van der Waals surface area contributed by atoms with Crippen LogP contribution in [0.5, 0.6) is 0 Å². The summed E-state index contributed by atoms with van der Waals surface area (Å²) in [5.41, 5.74) is 2.96. The minimum Gasteiger partial charge on any atom is -0.324 e. The van der Waals surface area contributed by atoms with Crippen LogP contribution in [-0.2, 0) is 17.8 Å². The molecule has 0 unspecified atom stereocenters. The van der Waals surface area contributed by atoms with Gasteiger partial charge < -0.3 is 5.32 Å². The molecule has 2 heterocycles. The molecule has 0 spiro atoms. The third-order valence-electron chi connectivity index (χ3n) is 4.26. The molecular formula is C20H20BrClN4OS2. The lowest BCUT2D eigenvalue weighted by Gasteiger charge is -2.09. The maximum atomic E-state index is 12.4. The number of allylic oxidation sites excluding steroid dienone is 1. The number of nitrogens with one attached hydrogen (secondary N) is 1. The first-order valence-electron chi connectivity index (χ1n) is 8.93. The molecule has 1 aromatic carbocycles. The molecule has 1 N–H and O–H groups in total. The number of aryl methyl sites for hydroxylation is 1. The normalized spacial score (nSPS) is 10.9. The fraction of sp³-hybridized carbons (Fsp3) is 0.250. The van der Waals surface area contributed by atoms with Crippen LogP contribution in [0.4, 0.5) is 5.69 Å². The molecule has 0 aliphatic rings. The lowest BCUT2D eigenvalue weighted by molar-refractivity contribution is -0.113. The van der Waals surface area contributed by atoms with Crippen LogP contribution >= 0.6 is 50.6 Å². The van der Waals surface area contributed by atoms with Gasteiger partial charge in [-0.3, -0.25) is 9.36 Å². The number of hydrogen-bond donors (Lipinski definition) is 1. The average molecular weight is 512 g/mol. The van der Waals surface area contributed by atoms with E-state index in [0.717, 1.165) is 22.3 Å². The number of amides is 1. The number of thiophene rings is 1. The predicted octanol–water partition coefficient (Wildman–Crippen LogP) is 6.21. The number of rotatable bonds is 8. The average Bonchev–Trinajstić information content (AvgIpc) is 3.25. The van der Waals surface area contributed by atoms with Crippen LogP contribution in [0, 0.1) is 6.92 Å². The van der Waals surface area contributed by atoms with E-state index in [0.29, 0.717) is 22.4 Å². The van der Waals surface area contributed by atoms with Gasteiger partial charge in [0.1, 0.15) is 0 Å². The van der Waals surface area contributed by atoms with Crippen molar-refractivity contribution in [2.75, 3.05) is 11.1 Å². The van der Waals surface area contributed by atoms with Crippen LogP contribution in [0.1, 0.15) is 17.4 Å². The Morgan fingerprint density at radius 3 is 2.93 bits per heavy atom. The van der Waals surface area contributed by atoms with Crippen molar-refractivity contribution in [1.82, 2.24) is 14.8 Å². The third kappa shape index (κ3) is 5.12. The minimum absolute atomic E-state index is 0.158. The number of anilines is 1. The summed E-state index contributed by atoms with van der Waals surface area (Å²) in [6.07, 6.45) is 2.74. The lowest BCUT2D eigenvalue weighted by Crippen LogP contribution is -2.15. The molecule has 0 atom stereocenters. The highest BCUT2D eigenvalue weighted by molar-refractivity contribution is 9.10. The van der Waals surface area contributed by atoms with Crippen LogP contribution < -0.4 is 5.32 Å². The van der Waals surface area contributed by atoms with Gasteiger partial charge in [-0.1, -0.05) is 52.3 Å². The third-order valence-corrected chi connectivity index (χ3v) is 6.99. The fourth-order valence-electron chi connectivity index (χ4n) is 2.90. The molecule has 152 valence electrons. The van der Waals surface area contributed by atoms with Gasteiger partial charge in [-0.15, -0.1) is 28.1 Å². The zero-order valence-electron chi connectivity index (χ0n) is 16.0. The number of carbonyl (C=O) groups excluding carboxylic acids is 1. The van der Waals surface area contributed by atoms with Crippen molar-refractivity contribution >= 4 is 62.2 Å². The first-order valence-corrected chi connectivity index (χ1v) is 12.0. The van der Waals surface area contributed by atoms with Crippen molar-refractivity contribution in [2.45, 2.75) is 32.0 Å². The van der Waals surface area contributed by atoms with Gasteiger partial charge in [-0.25, -0.2) is 0 Å². The van der Waals surface area contributed by atoms with Gasteiger partial charge in [0.15, 0.2) is 11.0 Å². The van der Waals surface area contributed by atoms with E-state index in [1.807, 2.05) is 16.7 Å². The van der Waals surface area contributed by atoms with Gasteiger partial charge >= 0.3 is 0 Å². The summed E-state index contributed by atoms with van der Waals surface area (Å²) in [6, 6.07) is 5.33. The van der Waals surface area contributed by atoms with E-state index < -0.39 is 0 Å². The number of carbonyl (C=O) groups is 1. The van der Waals surface area contributed by atoms with Gasteiger partial charge in [0.25, 0.3) is 0 Å². The zero-order valence-corrected chi connectivity index (χ0v) is 20.0. The van der Waals surface area contributed by atoms with Crippen LogP contribution in [0.15, 0.2) is 45.9 Å². The Bertz CT molecular complexity index is 1050. The van der Waals surface area contributed by atoms with Crippen molar-refractivity contribution in [2.24, 2.45) is 0 Å². The molecule has 0 radical (unpaired) electrons. The largest absolute Gasteiger partial charge is 0.324 e.